The van der Waals surface area contributed by atoms with Crippen molar-refractivity contribution in [2.24, 2.45) is 5.73 Å². The Hall–Kier alpha value is -2.28. The molecule has 3 atom stereocenters. The Labute approximate surface area is 170 Å². The van der Waals surface area contributed by atoms with E-state index in [9.17, 15) is 9.18 Å². The van der Waals surface area contributed by atoms with Crippen LogP contribution in [-0.4, -0.2) is 49.3 Å². The summed E-state index contributed by atoms with van der Waals surface area (Å²) in [4.78, 5) is 15.3. The van der Waals surface area contributed by atoms with E-state index in [4.69, 9.17) is 15.2 Å². The summed E-state index contributed by atoms with van der Waals surface area (Å²) in [5, 5.41) is 0. The highest BCUT2D eigenvalue weighted by molar-refractivity contribution is 5.82. The number of ether oxygens (including phenoxy) is 2. The van der Waals surface area contributed by atoms with Crippen LogP contribution in [-0.2, 0) is 20.7 Å². The van der Waals surface area contributed by atoms with E-state index in [1.165, 1.54) is 17.7 Å². The number of fused-ring (bicyclic) bond motifs is 1. The maximum Gasteiger partial charge on any atom is 0.252 e. The highest BCUT2D eigenvalue weighted by atomic mass is 19.1. The predicted octanol–water partition coefficient (Wildman–Crippen LogP) is 2.82. The highest BCUT2D eigenvalue weighted by Crippen LogP contribution is 2.36. The van der Waals surface area contributed by atoms with Gasteiger partial charge < -0.3 is 20.1 Å². The van der Waals surface area contributed by atoms with Gasteiger partial charge in [0.1, 0.15) is 11.9 Å². The van der Waals surface area contributed by atoms with Gasteiger partial charge in [-0.15, -0.1) is 0 Å². The third-order valence-corrected chi connectivity index (χ3v) is 5.94. The maximum atomic E-state index is 13.5. The Bertz CT molecular complexity index is 863. The molecule has 2 aromatic carbocycles. The van der Waals surface area contributed by atoms with E-state index in [1.54, 1.807) is 19.2 Å². The minimum Gasteiger partial charge on any atom is -0.383 e. The van der Waals surface area contributed by atoms with Crippen molar-refractivity contribution in [1.29, 1.82) is 0 Å². The van der Waals surface area contributed by atoms with Crippen molar-refractivity contribution in [3.8, 4) is 0 Å². The number of nitrogens with two attached hydrogens (primary N) is 1. The number of halogens is 1. The van der Waals surface area contributed by atoms with Gasteiger partial charge in [0.25, 0.3) is 5.91 Å². The number of methoxy groups -OCH3 is 1. The molecule has 2 aliphatic heterocycles. The van der Waals surface area contributed by atoms with Gasteiger partial charge in [0.05, 0.1) is 24.8 Å². The summed E-state index contributed by atoms with van der Waals surface area (Å²) < 4.78 is 24.6. The van der Waals surface area contributed by atoms with E-state index in [1.807, 2.05) is 23.1 Å². The average Bonchev–Trinajstić information content (AvgIpc) is 2.74. The van der Waals surface area contributed by atoms with Crippen LogP contribution >= 0.6 is 0 Å². The molecule has 2 aromatic rings. The summed E-state index contributed by atoms with van der Waals surface area (Å²) in [5.41, 5.74) is 8.95. The van der Waals surface area contributed by atoms with E-state index >= 15 is 0 Å². The molecule has 1 amide bonds. The summed E-state index contributed by atoms with van der Waals surface area (Å²) in [6.07, 6.45) is 1.50. The SMILES string of the molecule is COC[C@]1(N)CC[C@@H](C(=O)N2CCc3ccccc3[C@@H]2c2ccc(F)cc2)OC1. The molecule has 2 heterocycles. The molecule has 0 bridgehead atoms. The lowest BCUT2D eigenvalue weighted by atomic mass is 9.86. The van der Waals surface area contributed by atoms with Gasteiger partial charge in [0.15, 0.2) is 0 Å². The van der Waals surface area contributed by atoms with Crippen LogP contribution in [0.5, 0.6) is 0 Å². The number of rotatable bonds is 4. The van der Waals surface area contributed by atoms with E-state index in [2.05, 4.69) is 6.07 Å². The number of benzene rings is 2. The summed E-state index contributed by atoms with van der Waals surface area (Å²) >= 11 is 0. The van der Waals surface area contributed by atoms with Crippen LogP contribution in [0.25, 0.3) is 0 Å². The summed E-state index contributed by atoms with van der Waals surface area (Å²) in [5.74, 6) is -0.322. The van der Waals surface area contributed by atoms with Gasteiger partial charge in [0, 0.05) is 13.7 Å². The first-order valence-corrected chi connectivity index (χ1v) is 10.0. The zero-order valence-corrected chi connectivity index (χ0v) is 16.6. The fraction of sp³-hybridized carbons (Fsp3) is 0.435. The first kappa shape index (κ1) is 20.0. The molecule has 0 saturated carbocycles. The average molecular weight is 398 g/mol. The molecule has 5 nitrogen and oxygen atoms in total. The molecule has 2 N–H and O–H groups in total. The lowest BCUT2D eigenvalue weighted by Gasteiger charge is -2.42. The fourth-order valence-corrected chi connectivity index (χ4v) is 4.43. The first-order valence-electron chi connectivity index (χ1n) is 10.0. The molecule has 154 valence electrons. The smallest absolute Gasteiger partial charge is 0.252 e. The van der Waals surface area contributed by atoms with Crippen molar-refractivity contribution in [1.82, 2.24) is 4.90 Å². The quantitative estimate of drug-likeness (QED) is 0.860. The Balaban J connectivity index is 1.60. The molecule has 0 spiro atoms. The zero-order chi connectivity index (χ0) is 20.4. The molecule has 29 heavy (non-hydrogen) atoms. The van der Waals surface area contributed by atoms with Crippen molar-refractivity contribution in [3.63, 3.8) is 0 Å². The van der Waals surface area contributed by atoms with Crippen molar-refractivity contribution < 1.29 is 18.7 Å². The molecular weight excluding hydrogens is 371 g/mol. The van der Waals surface area contributed by atoms with Gasteiger partial charge in [-0.3, -0.25) is 4.79 Å². The van der Waals surface area contributed by atoms with Crippen LogP contribution in [0.15, 0.2) is 48.5 Å². The molecule has 1 fully saturated rings. The number of carbonyl (C=O) groups is 1. The summed E-state index contributed by atoms with van der Waals surface area (Å²) in [6, 6.07) is 14.3. The Morgan fingerprint density at radius 2 is 2.03 bits per heavy atom. The number of carbonyl (C=O) groups excluding carboxylic acids is 1. The van der Waals surface area contributed by atoms with Crippen LogP contribution in [0.1, 0.15) is 35.6 Å². The summed E-state index contributed by atoms with van der Waals surface area (Å²) in [6.45, 7) is 1.30. The van der Waals surface area contributed by atoms with Crippen molar-refractivity contribution >= 4 is 5.91 Å². The van der Waals surface area contributed by atoms with E-state index in [0.29, 0.717) is 32.6 Å². The molecule has 6 heteroatoms. The summed E-state index contributed by atoms with van der Waals surface area (Å²) in [7, 11) is 1.62. The fourth-order valence-electron chi connectivity index (χ4n) is 4.43. The van der Waals surface area contributed by atoms with Gasteiger partial charge in [-0.05, 0) is 48.1 Å². The monoisotopic (exact) mass is 398 g/mol. The van der Waals surface area contributed by atoms with Crippen LogP contribution in [0.3, 0.4) is 0 Å². The third-order valence-electron chi connectivity index (χ3n) is 5.94. The van der Waals surface area contributed by atoms with E-state index in [0.717, 1.165) is 17.5 Å². The number of hydrogen-bond acceptors (Lipinski definition) is 4. The van der Waals surface area contributed by atoms with Gasteiger partial charge in [0.2, 0.25) is 0 Å². The van der Waals surface area contributed by atoms with Gasteiger partial charge in [-0.25, -0.2) is 4.39 Å². The number of hydrogen-bond donors (Lipinski definition) is 1. The van der Waals surface area contributed by atoms with Crippen molar-refractivity contribution in [2.45, 2.75) is 36.9 Å². The minimum atomic E-state index is -0.545. The predicted molar refractivity (Wildman–Crippen MR) is 108 cm³/mol. The Kier molecular flexibility index (Phi) is 5.67. The topological polar surface area (TPSA) is 64.8 Å². The highest BCUT2D eigenvalue weighted by Gasteiger charge is 2.40. The lowest BCUT2D eigenvalue weighted by Crippen LogP contribution is -2.56. The van der Waals surface area contributed by atoms with Gasteiger partial charge in [-0.2, -0.15) is 0 Å². The van der Waals surface area contributed by atoms with Gasteiger partial charge in [-0.1, -0.05) is 36.4 Å². The normalized spacial score (nSPS) is 26.8. The molecule has 0 unspecified atom stereocenters. The van der Waals surface area contributed by atoms with Crippen LogP contribution in [0, 0.1) is 5.82 Å². The molecule has 0 aromatic heterocycles. The lowest BCUT2D eigenvalue weighted by molar-refractivity contribution is -0.152. The molecule has 1 saturated heterocycles. The first-order chi connectivity index (χ1) is 14.0. The second-order valence-corrected chi connectivity index (χ2v) is 8.07. The van der Waals surface area contributed by atoms with E-state index in [-0.39, 0.29) is 17.8 Å². The van der Waals surface area contributed by atoms with Crippen LogP contribution in [0.2, 0.25) is 0 Å². The second kappa shape index (κ2) is 8.22. The molecular formula is C23H27FN2O3. The van der Waals surface area contributed by atoms with Crippen molar-refractivity contribution in [2.75, 3.05) is 26.9 Å². The second-order valence-electron chi connectivity index (χ2n) is 8.07. The Morgan fingerprint density at radius 3 is 2.72 bits per heavy atom. The largest absolute Gasteiger partial charge is 0.383 e. The van der Waals surface area contributed by atoms with Crippen LogP contribution in [0.4, 0.5) is 4.39 Å². The minimum absolute atomic E-state index is 0.0340. The van der Waals surface area contributed by atoms with Crippen LogP contribution < -0.4 is 5.73 Å². The molecule has 0 radical (unpaired) electrons. The maximum absolute atomic E-state index is 13.5. The zero-order valence-electron chi connectivity index (χ0n) is 16.6. The van der Waals surface area contributed by atoms with Gasteiger partial charge >= 0.3 is 0 Å². The number of nitrogens with zero attached hydrogens (tertiary/aromatic N) is 1. The third kappa shape index (κ3) is 4.06. The van der Waals surface area contributed by atoms with Crippen molar-refractivity contribution in [3.05, 3.63) is 71.0 Å². The Morgan fingerprint density at radius 1 is 1.28 bits per heavy atom. The number of amides is 1. The molecule has 2 aliphatic rings. The standard InChI is InChI=1S/C23H27FN2O3/c1-28-14-23(25)12-10-20(29-15-23)22(27)26-13-11-16-4-2-3-5-19(16)21(26)17-6-8-18(24)9-7-17/h2-9,20-21H,10-15,25H2,1H3/t20-,21-,23+/m0/s1. The molecule has 0 aliphatic carbocycles. The van der Waals surface area contributed by atoms with E-state index < -0.39 is 11.6 Å². The molecule has 4 rings (SSSR count).